The van der Waals surface area contributed by atoms with Gasteiger partial charge < -0.3 is 9.88 Å². The largest absolute Gasteiger partial charge is 0.361 e. The third kappa shape index (κ3) is 3.14. The summed E-state index contributed by atoms with van der Waals surface area (Å²) in [5, 5.41) is 9.68. The van der Waals surface area contributed by atoms with Crippen molar-refractivity contribution in [2.75, 3.05) is 13.6 Å². The smallest absolute Gasteiger partial charge is 0.222 e. The van der Waals surface area contributed by atoms with Gasteiger partial charge in [-0.15, -0.1) is 0 Å². The van der Waals surface area contributed by atoms with Gasteiger partial charge in [-0.2, -0.15) is 5.26 Å². The van der Waals surface area contributed by atoms with Crippen molar-refractivity contribution in [2.24, 2.45) is 0 Å². The molecule has 0 aliphatic heterocycles. The number of hydrogen-bond acceptors (Lipinski definition) is 2. The zero-order valence-corrected chi connectivity index (χ0v) is 11.0. The van der Waals surface area contributed by atoms with Gasteiger partial charge in [-0.3, -0.25) is 4.79 Å². The van der Waals surface area contributed by atoms with Crippen LogP contribution < -0.4 is 0 Å². The summed E-state index contributed by atoms with van der Waals surface area (Å²) >= 11 is 0. The van der Waals surface area contributed by atoms with Gasteiger partial charge in [-0.05, 0) is 18.1 Å². The van der Waals surface area contributed by atoms with Crippen LogP contribution in [0.3, 0.4) is 0 Å². The summed E-state index contributed by atoms with van der Waals surface area (Å²) in [5.41, 5.74) is 2.26. The first-order valence-corrected chi connectivity index (χ1v) is 6.38. The van der Waals surface area contributed by atoms with Crippen molar-refractivity contribution in [3.63, 3.8) is 0 Å². The van der Waals surface area contributed by atoms with Crippen LogP contribution >= 0.6 is 0 Å². The molecule has 0 aliphatic rings. The highest BCUT2D eigenvalue weighted by atomic mass is 16.2. The lowest BCUT2D eigenvalue weighted by atomic mass is 10.1. The van der Waals surface area contributed by atoms with E-state index in [1.807, 2.05) is 30.5 Å². The molecular weight excluding hydrogens is 238 g/mol. The van der Waals surface area contributed by atoms with E-state index in [1.165, 1.54) is 5.39 Å². The number of aromatic amines is 1. The minimum atomic E-state index is 0.0838. The molecule has 0 unspecified atom stereocenters. The number of nitrogens with one attached hydrogen (secondary N) is 1. The molecule has 0 saturated heterocycles. The predicted octanol–water partition coefficient (Wildman–Crippen LogP) is 2.47. The van der Waals surface area contributed by atoms with Crippen molar-refractivity contribution in [1.29, 1.82) is 5.26 Å². The topological polar surface area (TPSA) is 59.9 Å². The summed E-state index contributed by atoms with van der Waals surface area (Å²) < 4.78 is 0. The van der Waals surface area contributed by atoms with Crippen LogP contribution in [0.25, 0.3) is 10.9 Å². The first-order valence-electron chi connectivity index (χ1n) is 6.38. The highest BCUT2D eigenvalue weighted by Crippen LogP contribution is 2.19. The third-order valence-electron chi connectivity index (χ3n) is 3.27. The van der Waals surface area contributed by atoms with Crippen LogP contribution in [0.15, 0.2) is 30.5 Å². The molecule has 0 fully saturated rings. The van der Waals surface area contributed by atoms with E-state index in [0.29, 0.717) is 19.4 Å². The number of rotatable bonds is 5. The van der Waals surface area contributed by atoms with E-state index in [0.717, 1.165) is 17.5 Å². The van der Waals surface area contributed by atoms with Crippen molar-refractivity contribution >= 4 is 16.8 Å². The Balaban J connectivity index is 1.95. The third-order valence-corrected chi connectivity index (χ3v) is 3.27. The predicted molar refractivity (Wildman–Crippen MR) is 74.5 cm³/mol. The zero-order valence-electron chi connectivity index (χ0n) is 11.0. The molecule has 0 bridgehead atoms. The number of H-pyrrole nitrogens is 1. The molecular formula is C15H17N3O. The number of benzene rings is 1. The molecule has 2 rings (SSSR count). The zero-order chi connectivity index (χ0) is 13.7. The van der Waals surface area contributed by atoms with Crippen LogP contribution in [-0.2, 0) is 11.2 Å². The normalized spacial score (nSPS) is 10.3. The molecule has 0 saturated carbocycles. The fourth-order valence-corrected chi connectivity index (χ4v) is 2.11. The molecule has 4 heteroatoms. The maximum Gasteiger partial charge on any atom is 0.222 e. The van der Waals surface area contributed by atoms with Gasteiger partial charge in [0.2, 0.25) is 5.91 Å². The Labute approximate surface area is 112 Å². The number of nitrogens with zero attached hydrogens (tertiary/aromatic N) is 2. The minimum Gasteiger partial charge on any atom is -0.361 e. The highest BCUT2D eigenvalue weighted by molar-refractivity contribution is 5.84. The Morgan fingerprint density at radius 3 is 3.00 bits per heavy atom. The van der Waals surface area contributed by atoms with Gasteiger partial charge in [-0.25, -0.2) is 0 Å². The second-order valence-electron chi connectivity index (χ2n) is 4.58. The Bertz CT molecular complexity index is 609. The second kappa shape index (κ2) is 6.05. The van der Waals surface area contributed by atoms with Gasteiger partial charge in [-0.1, -0.05) is 18.2 Å². The fourth-order valence-electron chi connectivity index (χ4n) is 2.11. The van der Waals surface area contributed by atoms with Gasteiger partial charge in [0.1, 0.15) is 0 Å². The molecule has 4 nitrogen and oxygen atoms in total. The summed E-state index contributed by atoms with van der Waals surface area (Å²) in [6, 6.07) is 10.1. The molecule has 0 spiro atoms. The van der Waals surface area contributed by atoms with Gasteiger partial charge >= 0.3 is 0 Å². The van der Waals surface area contributed by atoms with E-state index in [4.69, 9.17) is 5.26 Å². The molecule has 1 aromatic heterocycles. The molecule has 1 aromatic carbocycles. The van der Waals surface area contributed by atoms with Gasteiger partial charge in [0.25, 0.3) is 0 Å². The number of hydrogen-bond donors (Lipinski definition) is 1. The van der Waals surface area contributed by atoms with Gasteiger partial charge in [0.05, 0.1) is 12.5 Å². The van der Waals surface area contributed by atoms with Gasteiger partial charge in [0, 0.05) is 37.1 Å². The summed E-state index contributed by atoms with van der Waals surface area (Å²) in [5.74, 6) is 0.0838. The Morgan fingerprint density at radius 2 is 2.21 bits per heavy atom. The quantitative estimate of drug-likeness (QED) is 0.892. The number of fused-ring (bicyclic) bond motifs is 1. The number of carbonyl (C=O) groups is 1. The number of para-hydroxylation sites is 1. The monoisotopic (exact) mass is 255 g/mol. The first-order chi connectivity index (χ1) is 9.22. The molecule has 0 aliphatic carbocycles. The maximum absolute atomic E-state index is 11.9. The Kier molecular flexibility index (Phi) is 4.19. The maximum atomic E-state index is 11.9. The SMILES string of the molecule is CN(CCC#N)C(=O)CCc1c[nH]c2ccccc12. The van der Waals surface area contributed by atoms with E-state index < -0.39 is 0 Å². The van der Waals surface area contributed by atoms with Crippen LogP contribution in [0.1, 0.15) is 18.4 Å². The fraction of sp³-hybridized carbons (Fsp3) is 0.333. The second-order valence-corrected chi connectivity index (χ2v) is 4.58. The van der Waals surface area contributed by atoms with Crippen LogP contribution in [0.4, 0.5) is 0 Å². The summed E-state index contributed by atoms with van der Waals surface area (Å²) in [4.78, 5) is 16.7. The number of amides is 1. The molecule has 1 heterocycles. The summed E-state index contributed by atoms with van der Waals surface area (Å²) in [6.45, 7) is 0.503. The van der Waals surface area contributed by atoms with E-state index in [-0.39, 0.29) is 5.91 Å². The number of aromatic nitrogens is 1. The minimum absolute atomic E-state index is 0.0838. The van der Waals surface area contributed by atoms with Crippen molar-refractivity contribution < 1.29 is 4.79 Å². The van der Waals surface area contributed by atoms with Crippen molar-refractivity contribution in [3.8, 4) is 6.07 Å². The summed E-state index contributed by atoms with van der Waals surface area (Å²) in [7, 11) is 1.74. The van der Waals surface area contributed by atoms with Crippen LogP contribution in [-0.4, -0.2) is 29.4 Å². The molecule has 0 radical (unpaired) electrons. The molecule has 0 atom stereocenters. The number of aryl methyl sites for hydroxylation is 1. The van der Waals surface area contributed by atoms with Crippen molar-refractivity contribution in [3.05, 3.63) is 36.0 Å². The van der Waals surface area contributed by atoms with E-state index >= 15 is 0 Å². The highest BCUT2D eigenvalue weighted by Gasteiger charge is 2.10. The Hall–Kier alpha value is -2.28. The first kappa shape index (κ1) is 13.2. The molecule has 1 amide bonds. The van der Waals surface area contributed by atoms with E-state index in [9.17, 15) is 4.79 Å². The Morgan fingerprint density at radius 1 is 1.42 bits per heavy atom. The molecule has 2 aromatic rings. The van der Waals surface area contributed by atoms with Crippen LogP contribution in [0, 0.1) is 11.3 Å². The van der Waals surface area contributed by atoms with Crippen LogP contribution in [0.2, 0.25) is 0 Å². The van der Waals surface area contributed by atoms with Crippen molar-refractivity contribution in [2.45, 2.75) is 19.3 Å². The number of carbonyl (C=O) groups excluding carboxylic acids is 1. The average Bonchev–Trinajstić information content (AvgIpc) is 2.85. The lowest BCUT2D eigenvalue weighted by molar-refractivity contribution is -0.129. The summed E-state index contributed by atoms with van der Waals surface area (Å²) in [6.07, 6.45) is 3.55. The lowest BCUT2D eigenvalue weighted by Gasteiger charge is -2.14. The number of nitriles is 1. The van der Waals surface area contributed by atoms with E-state index in [1.54, 1.807) is 11.9 Å². The molecule has 1 N–H and O–H groups in total. The van der Waals surface area contributed by atoms with Gasteiger partial charge in [0.15, 0.2) is 0 Å². The van der Waals surface area contributed by atoms with E-state index in [2.05, 4.69) is 11.1 Å². The average molecular weight is 255 g/mol. The van der Waals surface area contributed by atoms with Crippen LogP contribution in [0.5, 0.6) is 0 Å². The molecule has 19 heavy (non-hydrogen) atoms. The van der Waals surface area contributed by atoms with Crippen molar-refractivity contribution in [1.82, 2.24) is 9.88 Å². The molecule has 98 valence electrons. The lowest BCUT2D eigenvalue weighted by Crippen LogP contribution is -2.27. The standard InChI is InChI=1S/C15H17N3O/c1-18(10-4-9-16)15(19)8-7-12-11-17-14-6-3-2-5-13(12)14/h2-3,5-6,11,17H,4,7-8,10H2,1H3.